The molecule has 1 saturated heterocycles. The SMILES string of the molecule is O=C([C@@H]1CCCN1)N(CC1CCCCC1)C1CC1. The molecule has 3 fully saturated rings. The molecular weight excluding hydrogens is 224 g/mol. The zero-order chi connectivity index (χ0) is 12.4. The van der Waals surface area contributed by atoms with Gasteiger partial charge in [0, 0.05) is 12.6 Å². The lowest BCUT2D eigenvalue weighted by molar-refractivity contribution is -0.134. The Balaban J connectivity index is 1.58. The first-order chi connectivity index (χ1) is 8.84. The fraction of sp³-hybridized carbons (Fsp3) is 0.933. The highest BCUT2D eigenvalue weighted by Gasteiger charge is 2.37. The molecule has 0 radical (unpaired) electrons. The molecule has 3 nitrogen and oxygen atoms in total. The van der Waals surface area contributed by atoms with Crippen LogP contribution in [0, 0.1) is 5.92 Å². The van der Waals surface area contributed by atoms with Crippen LogP contribution < -0.4 is 5.32 Å². The molecule has 0 aromatic carbocycles. The van der Waals surface area contributed by atoms with Crippen LogP contribution in [0.25, 0.3) is 0 Å². The summed E-state index contributed by atoms with van der Waals surface area (Å²) >= 11 is 0. The third-order valence-corrected chi connectivity index (χ3v) is 4.81. The van der Waals surface area contributed by atoms with Crippen molar-refractivity contribution in [1.29, 1.82) is 0 Å². The second-order valence-corrected chi connectivity index (χ2v) is 6.37. The van der Waals surface area contributed by atoms with Crippen LogP contribution in [0.1, 0.15) is 57.8 Å². The highest BCUT2D eigenvalue weighted by Crippen LogP contribution is 2.32. The topological polar surface area (TPSA) is 32.3 Å². The molecular formula is C15H26N2O. The molecule has 18 heavy (non-hydrogen) atoms. The second-order valence-electron chi connectivity index (χ2n) is 6.37. The molecule has 1 heterocycles. The normalized spacial score (nSPS) is 29.4. The van der Waals surface area contributed by atoms with E-state index >= 15 is 0 Å². The molecule has 0 bridgehead atoms. The Hall–Kier alpha value is -0.570. The van der Waals surface area contributed by atoms with Crippen molar-refractivity contribution in [2.45, 2.75) is 69.9 Å². The average molecular weight is 250 g/mol. The van der Waals surface area contributed by atoms with Crippen LogP contribution in [0.15, 0.2) is 0 Å². The van der Waals surface area contributed by atoms with Gasteiger partial charge in [-0.3, -0.25) is 4.79 Å². The van der Waals surface area contributed by atoms with Crippen LogP contribution in [0.5, 0.6) is 0 Å². The van der Waals surface area contributed by atoms with Crippen LogP contribution in [-0.4, -0.2) is 36.0 Å². The van der Waals surface area contributed by atoms with E-state index in [1.807, 2.05) is 0 Å². The minimum Gasteiger partial charge on any atom is -0.338 e. The predicted molar refractivity (Wildman–Crippen MR) is 72.3 cm³/mol. The summed E-state index contributed by atoms with van der Waals surface area (Å²) in [6.07, 6.45) is 11.5. The van der Waals surface area contributed by atoms with Crippen molar-refractivity contribution in [3.8, 4) is 0 Å². The first-order valence-corrected chi connectivity index (χ1v) is 7.88. The molecule has 1 N–H and O–H groups in total. The number of nitrogens with zero attached hydrogens (tertiary/aromatic N) is 1. The highest BCUT2D eigenvalue weighted by molar-refractivity contribution is 5.82. The number of hydrogen-bond donors (Lipinski definition) is 1. The van der Waals surface area contributed by atoms with E-state index in [4.69, 9.17) is 0 Å². The Morgan fingerprint density at radius 3 is 2.39 bits per heavy atom. The molecule has 3 aliphatic rings. The number of carbonyl (C=O) groups excluding carboxylic acids is 1. The summed E-state index contributed by atoms with van der Waals surface area (Å²) in [4.78, 5) is 14.8. The van der Waals surface area contributed by atoms with Crippen LogP contribution >= 0.6 is 0 Å². The van der Waals surface area contributed by atoms with Gasteiger partial charge < -0.3 is 10.2 Å². The summed E-state index contributed by atoms with van der Waals surface area (Å²) in [5, 5.41) is 3.37. The van der Waals surface area contributed by atoms with Crippen LogP contribution in [0.3, 0.4) is 0 Å². The lowest BCUT2D eigenvalue weighted by Gasteiger charge is -2.31. The van der Waals surface area contributed by atoms with Crippen molar-refractivity contribution in [2.24, 2.45) is 5.92 Å². The Morgan fingerprint density at radius 2 is 1.78 bits per heavy atom. The smallest absolute Gasteiger partial charge is 0.239 e. The number of carbonyl (C=O) groups is 1. The third kappa shape index (κ3) is 2.87. The Morgan fingerprint density at radius 1 is 1.00 bits per heavy atom. The number of hydrogen-bond acceptors (Lipinski definition) is 2. The van der Waals surface area contributed by atoms with E-state index in [2.05, 4.69) is 10.2 Å². The summed E-state index contributed by atoms with van der Waals surface area (Å²) in [5.41, 5.74) is 0. The van der Waals surface area contributed by atoms with Crippen LogP contribution in [0.2, 0.25) is 0 Å². The van der Waals surface area contributed by atoms with E-state index in [-0.39, 0.29) is 6.04 Å². The van der Waals surface area contributed by atoms with Crippen molar-refractivity contribution in [3.63, 3.8) is 0 Å². The number of amides is 1. The van der Waals surface area contributed by atoms with E-state index < -0.39 is 0 Å². The summed E-state index contributed by atoms with van der Waals surface area (Å²) in [5.74, 6) is 1.19. The fourth-order valence-electron chi connectivity index (χ4n) is 3.55. The molecule has 0 spiro atoms. The van der Waals surface area contributed by atoms with Gasteiger partial charge in [-0.05, 0) is 51.0 Å². The first kappa shape index (κ1) is 12.5. The molecule has 102 valence electrons. The Bertz CT molecular complexity index is 289. The van der Waals surface area contributed by atoms with E-state index in [9.17, 15) is 4.79 Å². The second kappa shape index (κ2) is 5.60. The summed E-state index contributed by atoms with van der Waals surface area (Å²) in [7, 11) is 0. The average Bonchev–Trinajstić information content (AvgIpc) is 3.10. The minimum absolute atomic E-state index is 0.134. The van der Waals surface area contributed by atoms with E-state index in [1.165, 1.54) is 51.4 Å². The largest absolute Gasteiger partial charge is 0.338 e. The van der Waals surface area contributed by atoms with Crippen molar-refractivity contribution in [2.75, 3.05) is 13.1 Å². The molecule has 3 rings (SSSR count). The summed E-state index contributed by atoms with van der Waals surface area (Å²) in [6, 6.07) is 0.719. The van der Waals surface area contributed by atoms with E-state index in [1.54, 1.807) is 0 Å². The molecule has 2 saturated carbocycles. The number of rotatable bonds is 4. The van der Waals surface area contributed by atoms with Gasteiger partial charge in [-0.2, -0.15) is 0 Å². The van der Waals surface area contributed by atoms with Crippen molar-refractivity contribution in [1.82, 2.24) is 10.2 Å². The molecule has 0 unspecified atom stereocenters. The van der Waals surface area contributed by atoms with Crippen molar-refractivity contribution >= 4 is 5.91 Å². The van der Waals surface area contributed by atoms with Gasteiger partial charge in [0.15, 0.2) is 0 Å². The van der Waals surface area contributed by atoms with Gasteiger partial charge in [0.25, 0.3) is 0 Å². The monoisotopic (exact) mass is 250 g/mol. The zero-order valence-corrected chi connectivity index (χ0v) is 11.4. The van der Waals surface area contributed by atoms with Gasteiger partial charge >= 0.3 is 0 Å². The Labute approximate surface area is 110 Å². The maximum absolute atomic E-state index is 12.6. The van der Waals surface area contributed by atoms with Gasteiger partial charge in [0.05, 0.1) is 6.04 Å². The summed E-state index contributed by atoms with van der Waals surface area (Å²) in [6.45, 7) is 2.07. The quantitative estimate of drug-likeness (QED) is 0.830. The van der Waals surface area contributed by atoms with Crippen molar-refractivity contribution in [3.05, 3.63) is 0 Å². The van der Waals surface area contributed by atoms with Gasteiger partial charge in [-0.1, -0.05) is 19.3 Å². The lowest BCUT2D eigenvalue weighted by Crippen LogP contribution is -2.46. The minimum atomic E-state index is 0.134. The molecule has 0 aromatic heterocycles. The highest BCUT2D eigenvalue weighted by atomic mass is 16.2. The van der Waals surface area contributed by atoms with Crippen molar-refractivity contribution < 1.29 is 4.79 Å². The predicted octanol–water partition coefficient (Wildman–Crippen LogP) is 2.31. The molecule has 1 atom stereocenters. The molecule has 3 heteroatoms. The lowest BCUT2D eigenvalue weighted by atomic mass is 9.88. The standard InChI is InChI=1S/C15H26N2O/c18-15(14-7-4-10-16-14)17(13-8-9-13)11-12-5-2-1-3-6-12/h12-14,16H,1-11H2/t14-/m0/s1. The third-order valence-electron chi connectivity index (χ3n) is 4.81. The van der Waals surface area contributed by atoms with E-state index in [0.29, 0.717) is 11.9 Å². The molecule has 1 aliphatic heterocycles. The maximum Gasteiger partial charge on any atom is 0.239 e. The number of nitrogens with one attached hydrogen (secondary N) is 1. The van der Waals surface area contributed by atoms with Crippen LogP contribution in [-0.2, 0) is 4.79 Å². The zero-order valence-electron chi connectivity index (χ0n) is 11.4. The molecule has 0 aromatic rings. The van der Waals surface area contributed by atoms with Gasteiger partial charge in [0.1, 0.15) is 0 Å². The maximum atomic E-state index is 12.6. The van der Waals surface area contributed by atoms with Gasteiger partial charge in [0.2, 0.25) is 5.91 Å². The van der Waals surface area contributed by atoms with E-state index in [0.717, 1.165) is 25.4 Å². The van der Waals surface area contributed by atoms with Gasteiger partial charge in [-0.15, -0.1) is 0 Å². The molecule has 1 amide bonds. The first-order valence-electron chi connectivity index (χ1n) is 7.88. The van der Waals surface area contributed by atoms with Gasteiger partial charge in [-0.25, -0.2) is 0 Å². The Kier molecular flexibility index (Phi) is 3.88. The van der Waals surface area contributed by atoms with Crippen LogP contribution in [0.4, 0.5) is 0 Å². The fourth-order valence-corrected chi connectivity index (χ4v) is 3.55. The molecule has 2 aliphatic carbocycles. The summed E-state index contributed by atoms with van der Waals surface area (Å²) < 4.78 is 0.